The molecule has 0 spiro atoms. The van der Waals surface area contributed by atoms with Gasteiger partial charge in [0.15, 0.2) is 0 Å². The molecule has 1 amide bonds. The van der Waals surface area contributed by atoms with Crippen molar-refractivity contribution >= 4 is 11.6 Å². The molecule has 1 N–H and O–H groups in total. The molecule has 3 rings (SSSR count). The van der Waals surface area contributed by atoms with E-state index in [1.807, 2.05) is 0 Å². The van der Waals surface area contributed by atoms with Gasteiger partial charge in [0.25, 0.3) is 5.56 Å². The van der Waals surface area contributed by atoms with Crippen molar-refractivity contribution in [3.63, 3.8) is 0 Å². The summed E-state index contributed by atoms with van der Waals surface area (Å²) in [6, 6.07) is 1.61. The lowest BCUT2D eigenvalue weighted by Crippen LogP contribution is -2.44. The van der Waals surface area contributed by atoms with Crippen molar-refractivity contribution in [1.29, 1.82) is 0 Å². The van der Waals surface area contributed by atoms with E-state index in [9.17, 15) is 9.59 Å². The Morgan fingerprint density at radius 1 is 1.25 bits per heavy atom. The van der Waals surface area contributed by atoms with Crippen LogP contribution >= 0.6 is 0 Å². The van der Waals surface area contributed by atoms with E-state index >= 15 is 0 Å². The summed E-state index contributed by atoms with van der Waals surface area (Å²) < 4.78 is 1.32. The summed E-state index contributed by atoms with van der Waals surface area (Å²) in [5, 5.41) is 7.25. The average molecular weight is 332 g/mol. The van der Waals surface area contributed by atoms with Crippen LogP contribution in [0.5, 0.6) is 0 Å². The fourth-order valence-electron chi connectivity index (χ4n) is 3.84. The van der Waals surface area contributed by atoms with Gasteiger partial charge in [-0.25, -0.2) is 4.68 Å². The number of hydrogen-bond donors (Lipinski definition) is 1. The maximum Gasteiger partial charge on any atom is 0.268 e. The van der Waals surface area contributed by atoms with Crippen LogP contribution in [-0.4, -0.2) is 35.3 Å². The fourth-order valence-corrected chi connectivity index (χ4v) is 3.84. The van der Waals surface area contributed by atoms with Gasteiger partial charge in [-0.05, 0) is 31.6 Å². The zero-order chi connectivity index (χ0) is 16.9. The topological polar surface area (TPSA) is 67.2 Å². The van der Waals surface area contributed by atoms with Gasteiger partial charge in [0.2, 0.25) is 5.91 Å². The number of carbonyl (C=O) groups is 1. The molecular formula is C18H28N4O2. The Balaban J connectivity index is 1.55. The van der Waals surface area contributed by atoms with Crippen molar-refractivity contribution in [1.82, 2.24) is 15.1 Å². The summed E-state index contributed by atoms with van der Waals surface area (Å²) in [7, 11) is 1.64. The van der Waals surface area contributed by atoms with E-state index in [4.69, 9.17) is 0 Å². The predicted octanol–water partition coefficient (Wildman–Crippen LogP) is 1.69. The SMILES string of the molecule is Cn1ncc(N2CCCC(C(=O)NCC3CCCCC3)C2)cc1=O. The Morgan fingerprint density at radius 3 is 2.79 bits per heavy atom. The molecule has 1 aromatic heterocycles. The van der Waals surface area contributed by atoms with Crippen molar-refractivity contribution in [2.24, 2.45) is 18.9 Å². The third-order valence-electron chi connectivity index (χ3n) is 5.40. The van der Waals surface area contributed by atoms with E-state index in [-0.39, 0.29) is 17.4 Å². The number of nitrogens with one attached hydrogen (secondary N) is 1. The number of aryl methyl sites for hydroxylation is 1. The normalized spacial score (nSPS) is 22.4. The predicted molar refractivity (Wildman–Crippen MR) is 94.0 cm³/mol. The summed E-state index contributed by atoms with van der Waals surface area (Å²) in [5.74, 6) is 0.831. The molecule has 2 aliphatic rings. The molecule has 1 saturated heterocycles. The average Bonchev–Trinajstić information content (AvgIpc) is 2.63. The summed E-state index contributed by atoms with van der Waals surface area (Å²) in [6.45, 7) is 2.37. The minimum absolute atomic E-state index is 0.00592. The first-order chi connectivity index (χ1) is 11.6. The first kappa shape index (κ1) is 17.0. The molecule has 2 heterocycles. The molecule has 1 atom stereocenters. The molecule has 24 heavy (non-hydrogen) atoms. The highest BCUT2D eigenvalue weighted by Gasteiger charge is 2.27. The third-order valence-corrected chi connectivity index (χ3v) is 5.40. The number of carbonyl (C=O) groups excluding carboxylic acids is 1. The van der Waals surface area contributed by atoms with Crippen molar-refractivity contribution in [3.8, 4) is 0 Å². The molecule has 6 heteroatoms. The smallest absolute Gasteiger partial charge is 0.268 e. The first-order valence-electron chi connectivity index (χ1n) is 9.19. The molecule has 0 aromatic carbocycles. The molecule has 2 fully saturated rings. The number of nitrogens with zero attached hydrogens (tertiary/aromatic N) is 3. The van der Waals surface area contributed by atoms with E-state index in [1.54, 1.807) is 19.3 Å². The lowest BCUT2D eigenvalue weighted by molar-refractivity contribution is -0.125. The Labute approximate surface area is 143 Å². The lowest BCUT2D eigenvalue weighted by atomic mass is 9.89. The maximum absolute atomic E-state index is 12.5. The molecule has 132 valence electrons. The van der Waals surface area contributed by atoms with E-state index in [0.717, 1.165) is 31.6 Å². The molecule has 1 aromatic rings. The second-order valence-corrected chi connectivity index (χ2v) is 7.21. The van der Waals surface area contributed by atoms with Crippen LogP contribution in [0.4, 0.5) is 5.69 Å². The minimum Gasteiger partial charge on any atom is -0.369 e. The molecular weight excluding hydrogens is 304 g/mol. The summed E-state index contributed by atoms with van der Waals surface area (Å²) >= 11 is 0. The highest BCUT2D eigenvalue weighted by atomic mass is 16.2. The highest BCUT2D eigenvalue weighted by molar-refractivity contribution is 5.79. The number of anilines is 1. The molecule has 6 nitrogen and oxygen atoms in total. The van der Waals surface area contributed by atoms with Crippen LogP contribution in [0, 0.1) is 11.8 Å². The van der Waals surface area contributed by atoms with E-state index in [2.05, 4.69) is 15.3 Å². The largest absolute Gasteiger partial charge is 0.369 e. The second-order valence-electron chi connectivity index (χ2n) is 7.21. The standard InChI is InChI=1S/C18H28N4O2/c1-21-17(23)10-16(12-20-21)22-9-5-8-15(13-22)18(24)19-11-14-6-3-2-4-7-14/h10,12,14-15H,2-9,11,13H2,1H3,(H,19,24). The van der Waals surface area contributed by atoms with Crippen LogP contribution in [0.2, 0.25) is 0 Å². The van der Waals surface area contributed by atoms with Crippen LogP contribution < -0.4 is 15.8 Å². The number of hydrogen-bond acceptors (Lipinski definition) is 4. The number of piperidine rings is 1. The van der Waals surface area contributed by atoms with Gasteiger partial charge in [0, 0.05) is 32.7 Å². The fraction of sp³-hybridized carbons (Fsp3) is 0.722. The van der Waals surface area contributed by atoms with Crippen molar-refractivity contribution in [2.75, 3.05) is 24.5 Å². The number of rotatable bonds is 4. The van der Waals surface area contributed by atoms with Gasteiger partial charge in [-0.2, -0.15) is 5.10 Å². The van der Waals surface area contributed by atoms with Gasteiger partial charge in [-0.15, -0.1) is 0 Å². The van der Waals surface area contributed by atoms with Gasteiger partial charge in [-0.3, -0.25) is 9.59 Å². The Bertz CT molecular complexity index is 622. The van der Waals surface area contributed by atoms with Crippen molar-refractivity contribution < 1.29 is 4.79 Å². The maximum atomic E-state index is 12.5. The first-order valence-corrected chi connectivity index (χ1v) is 9.19. The summed E-state index contributed by atoms with van der Waals surface area (Å²) in [5.41, 5.74) is 0.708. The van der Waals surface area contributed by atoms with Crippen molar-refractivity contribution in [2.45, 2.75) is 44.9 Å². The Hall–Kier alpha value is -1.85. The van der Waals surface area contributed by atoms with E-state index < -0.39 is 0 Å². The molecule has 0 radical (unpaired) electrons. The molecule has 1 saturated carbocycles. The van der Waals surface area contributed by atoms with Crippen LogP contribution in [0.25, 0.3) is 0 Å². The van der Waals surface area contributed by atoms with Gasteiger partial charge in [0.1, 0.15) is 0 Å². The van der Waals surface area contributed by atoms with E-state index in [0.29, 0.717) is 12.5 Å². The van der Waals surface area contributed by atoms with Crippen LogP contribution in [0.1, 0.15) is 44.9 Å². The lowest BCUT2D eigenvalue weighted by Gasteiger charge is -2.33. The van der Waals surface area contributed by atoms with E-state index in [1.165, 1.54) is 36.8 Å². The van der Waals surface area contributed by atoms with Gasteiger partial charge < -0.3 is 10.2 Å². The van der Waals surface area contributed by atoms with Crippen LogP contribution in [0.3, 0.4) is 0 Å². The zero-order valence-corrected chi connectivity index (χ0v) is 14.5. The number of aromatic nitrogens is 2. The zero-order valence-electron chi connectivity index (χ0n) is 14.5. The molecule has 1 aliphatic carbocycles. The van der Waals surface area contributed by atoms with Crippen molar-refractivity contribution in [3.05, 3.63) is 22.6 Å². The van der Waals surface area contributed by atoms with Gasteiger partial charge in [-0.1, -0.05) is 19.3 Å². The quantitative estimate of drug-likeness (QED) is 0.911. The summed E-state index contributed by atoms with van der Waals surface area (Å²) in [4.78, 5) is 26.4. The molecule has 1 unspecified atom stereocenters. The van der Waals surface area contributed by atoms with Crippen LogP contribution in [0.15, 0.2) is 17.1 Å². The molecule has 1 aliphatic heterocycles. The minimum atomic E-state index is -0.114. The molecule has 0 bridgehead atoms. The second kappa shape index (κ2) is 7.81. The Morgan fingerprint density at radius 2 is 2.04 bits per heavy atom. The van der Waals surface area contributed by atoms with Gasteiger partial charge in [0.05, 0.1) is 17.8 Å². The van der Waals surface area contributed by atoms with Crippen LogP contribution in [-0.2, 0) is 11.8 Å². The monoisotopic (exact) mass is 332 g/mol. The Kier molecular flexibility index (Phi) is 5.53. The van der Waals surface area contributed by atoms with Gasteiger partial charge >= 0.3 is 0 Å². The highest BCUT2D eigenvalue weighted by Crippen LogP contribution is 2.24. The third kappa shape index (κ3) is 4.16. The number of amides is 1. The summed E-state index contributed by atoms with van der Waals surface area (Å²) in [6.07, 6.45) is 10.0.